The summed E-state index contributed by atoms with van der Waals surface area (Å²) in [7, 11) is 0. The van der Waals surface area contributed by atoms with E-state index in [9.17, 15) is 9.59 Å². The topological polar surface area (TPSA) is 66.4 Å². The minimum Gasteiger partial charge on any atom is -0.336 e. The van der Waals surface area contributed by atoms with Gasteiger partial charge >= 0.3 is 0 Å². The van der Waals surface area contributed by atoms with Crippen LogP contribution in [-0.4, -0.2) is 44.2 Å². The van der Waals surface area contributed by atoms with E-state index in [-0.39, 0.29) is 18.4 Å². The maximum Gasteiger partial charge on any atom is 0.247 e. The molecule has 0 bridgehead atoms. The highest BCUT2D eigenvalue weighted by atomic mass is 16.2. The summed E-state index contributed by atoms with van der Waals surface area (Å²) in [6.45, 7) is 3.40. The third-order valence-electron chi connectivity index (χ3n) is 8.26. The summed E-state index contributed by atoms with van der Waals surface area (Å²) in [6.07, 6.45) is 8.02. The molecule has 0 unspecified atom stereocenters. The van der Waals surface area contributed by atoms with Crippen molar-refractivity contribution < 1.29 is 9.59 Å². The van der Waals surface area contributed by atoms with Gasteiger partial charge in [0.15, 0.2) is 0 Å². The van der Waals surface area contributed by atoms with Crippen molar-refractivity contribution in [3.05, 3.63) is 161 Å². The number of nitrogens with zero attached hydrogens (tertiary/aromatic N) is 4. The summed E-state index contributed by atoms with van der Waals surface area (Å²) in [5, 5.41) is 0. The lowest BCUT2D eigenvalue weighted by atomic mass is 9.97. The van der Waals surface area contributed by atoms with E-state index >= 15 is 0 Å². The number of aryl methyl sites for hydroxylation is 1. The first kappa shape index (κ1) is 29.7. The Hall–Kier alpha value is -5.36. The second kappa shape index (κ2) is 14.0. The van der Waals surface area contributed by atoms with Crippen molar-refractivity contribution in [1.82, 2.24) is 19.8 Å². The van der Waals surface area contributed by atoms with E-state index < -0.39 is 6.04 Å². The van der Waals surface area contributed by atoms with E-state index in [4.69, 9.17) is 0 Å². The maximum absolute atomic E-state index is 14.5. The molecule has 1 atom stereocenters. The van der Waals surface area contributed by atoms with Crippen LogP contribution in [0.25, 0.3) is 17.3 Å². The molecule has 0 radical (unpaired) electrons. The number of carbonyl (C=O) groups excluding carboxylic acids is 2. The van der Waals surface area contributed by atoms with E-state index in [1.165, 1.54) is 11.6 Å². The molecule has 1 aliphatic rings. The van der Waals surface area contributed by atoms with E-state index in [1.807, 2.05) is 109 Å². The highest BCUT2D eigenvalue weighted by Crippen LogP contribution is 2.24. The summed E-state index contributed by atoms with van der Waals surface area (Å²) < 4.78 is 0. The first-order chi connectivity index (χ1) is 22.0. The second-order valence-electron chi connectivity index (χ2n) is 11.5. The third kappa shape index (κ3) is 7.42. The minimum atomic E-state index is -0.698. The first-order valence-electron chi connectivity index (χ1n) is 15.3. The van der Waals surface area contributed by atoms with Crippen molar-refractivity contribution in [1.29, 1.82) is 0 Å². The van der Waals surface area contributed by atoms with Gasteiger partial charge in [-0.25, -0.2) is 0 Å². The Morgan fingerprint density at radius 2 is 1.58 bits per heavy atom. The largest absolute Gasteiger partial charge is 0.336 e. The van der Waals surface area contributed by atoms with Gasteiger partial charge in [-0.1, -0.05) is 91.0 Å². The van der Waals surface area contributed by atoms with Crippen LogP contribution in [0.15, 0.2) is 128 Å². The van der Waals surface area contributed by atoms with Crippen LogP contribution in [-0.2, 0) is 35.5 Å². The van der Waals surface area contributed by atoms with Crippen molar-refractivity contribution >= 4 is 17.9 Å². The number of hydrogen-bond donors (Lipinski definition) is 0. The molecule has 0 N–H and O–H groups in total. The number of fused-ring (bicyclic) bond motifs is 1. The number of pyridine rings is 2. The number of aromatic nitrogens is 2. The molecule has 0 aliphatic carbocycles. The van der Waals surface area contributed by atoms with Gasteiger partial charge in [-0.15, -0.1) is 0 Å². The predicted molar refractivity (Wildman–Crippen MR) is 178 cm³/mol. The number of hydrogen-bond acceptors (Lipinski definition) is 4. The summed E-state index contributed by atoms with van der Waals surface area (Å²) >= 11 is 0. The van der Waals surface area contributed by atoms with Gasteiger partial charge < -0.3 is 9.80 Å². The maximum atomic E-state index is 14.5. The van der Waals surface area contributed by atoms with Crippen LogP contribution in [0.4, 0.5) is 0 Å². The second-order valence-corrected chi connectivity index (χ2v) is 11.5. The van der Waals surface area contributed by atoms with Gasteiger partial charge in [0, 0.05) is 50.1 Å². The molecule has 6 heteroatoms. The molecule has 0 spiro atoms. The molecule has 6 rings (SSSR count). The lowest BCUT2D eigenvalue weighted by Gasteiger charge is -2.37. The van der Waals surface area contributed by atoms with Crippen molar-refractivity contribution in [3.63, 3.8) is 0 Å². The Labute approximate surface area is 264 Å². The summed E-state index contributed by atoms with van der Waals surface area (Å²) in [6, 6.07) is 35.3. The highest BCUT2D eigenvalue weighted by Gasteiger charge is 2.34. The number of carbonyl (C=O) groups is 2. The van der Waals surface area contributed by atoms with E-state index in [2.05, 4.69) is 22.1 Å². The lowest BCUT2D eigenvalue weighted by molar-refractivity contribution is -0.144. The molecular weight excluding hydrogens is 556 g/mol. The quantitative estimate of drug-likeness (QED) is 0.179. The molecule has 2 aromatic heterocycles. The molecule has 6 nitrogen and oxygen atoms in total. The molecule has 2 amide bonds. The van der Waals surface area contributed by atoms with Crippen LogP contribution in [0.2, 0.25) is 0 Å². The normalized spacial score (nSPS) is 13.3. The Morgan fingerprint density at radius 1 is 0.822 bits per heavy atom. The van der Waals surface area contributed by atoms with Crippen LogP contribution in [0.5, 0.6) is 0 Å². The van der Waals surface area contributed by atoms with Gasteiger partial charge in [0.05, 0.1) is 11.4 Å². The molecule has 0 saturated heterocycles. The van der Waals surface area contributed by atoms with Crippen LogP contribution in [0, 0.1) is 6.92 Å². The van der Waals surface area contributed by atoms with Gasteiger partial charge in [-0.3, -0.25) is 19.6 Å². The third-order valence-corrected chi connectivity index (χ3v) is 8.26. The fraction of sp³-hybridized carbons (Fsp3) is 0.179. The zero-order valence-corrected chi connectivity index (χ0v) is 25.4. The van der Waals surface area contributed by atoms with Crippen LogP contribution in [0.3, 0.4) is 0 Å². The molecule has 1 aliphatic heterocycles. The fourth-order valence-corrected chi connectivity index (χ4v) is 5.75. The monoisotopic (exact) mass is 592 g/mol. The van der Waals surface area contributed by atoms with Crippen LogP contribution >= 0.6 is 0 Å². The number of benzene rings is 3. The van der Waals surface area contributed by atoms with Gasteiger partial charge in [-0.05, 0) is 65.4 Å². The molecular formula is C39H36N4O2. The van der Waals surface area contributed by atoms with Gasteiger partial charge in [0.25, 0.3) is 0 Å². The lowest BCUT2D eigenvalue weighted by Crippen LogP contribution is -2.52. The van der Waals surface area contributed by atoms with Crippen LogP contribution in [0.1, 0.15) is 33.5 Å². The first-order valence-corrected chi connectivity index (χ1v) is 15.3. The predicted octanol–water partition coefficient (Wildman–Crippen LogP) is 6.69. The summed E-state index contributed by atoms with van der Waals surface area (Å²) in [4.78, 5) is 41.1. The van der Waals surface area contributed by atoms with Crippen molar-refractivity contribution in [2.75, 3.05) is 6.54 Å². The Morgan fingerprint density at radius 3 is 2.31 bits per heavy atom. The number of rotatable bonds is 9. The van der Waals surface area contributed by atoms with Crippen LogP contribution < -0.4 is 0 Å². The number of amides is 2. The summed E-state index contributed by atoms with van der Waals surface area (Å²) in [5.74, 6) is -0.286. The standard InChI is InChI=1S/C39H36N4O2/c1-29-14-19-35(41-26-29)20-21-38(44)43(27-31-15-17-33(18-16-31)36-13-7-8-23-40-36)37(25-30-9-3-2-4-10-30)39(45)42-24-22-32-11-5-6-12-34(32)28-42/h2-21,23,26,37H,22,24-25,27-28H2,1H3/b21-20+/t37-/m0/s1. The molecule has 3 heterocycles. The zero-order chi connectivity index (χ0) is 31.0. The molecule has 224 valence electrons. The van der Waals surface area contributed by atoms with Gasteiger partial charge in [0.2, 0.25) is 11.8 Å². The molecule has 0 fully saturated rings. The zero-order valence-electron chi connectivity index (χ0n) is 25.4. The Bertz CT molecular complexity index is 1770. The SMILES string of the molecule is Cc1ccc(/C=C/C(=O)N(Cc2ccc(-c3ccccn3)cc2)[C@@H](Cc2ccccc2)C(=O)N2CCc3ccccc3C2)nc1. The van der Waals surface area contributed by atoms with Crippen molar-refractivity contribution in [3.8, 4) is 11.3 Å². The summed E-state index contributed by atoms with van der Waals surface area (Å²) in [5.41, 5.74) is 7.97. The molecule has 5 aromatic rings. The van der Waals surface area contributed by atoms with Crippen molar-refractivity contribution in [2.45, 2.75) is 38.9 Å². The van der Waals surface area contributed by atoms with E-state index in [0.29, 0.717) is 25.2 Å². The van der Waals surface area contributed by atoms with E-state index in [1.54, 1.807) is 23.4 Å². The van der Waals surface area contributed by atoms with Gasteiger partial charge in [-0.2, -0.15) is 0 Å². The molecule has 45 heavy (non-hydrogen) atoms. The van der Waals surface area contributed by atoms with Gasteiger partial charge in [0.1, 0.15) is 6.04 Å². The molecule has 3 aromatic carbocycles. The smallest absolute Gasteiger partial charge is 0.247 e. The average molecular weight is 593 g/mol. The van der Waals surface area contributed by atoms with Crippen molar-refractivity contribution in [2.24, 2.45) is 0 Å². The fourth-order valence-electron chi connectivity index (χ4n) is 5.75. The Balaban J connectivity index is 1.34. The average Bonchev–Trinajstić information content (AvgIpc) is 3.10. The Kier molecular flexibility index (Phi) is 9.21. The highest BCUT2D eigenvalue weighted by molar-refractivity contribution is 5.95. The minimum absolute atomic E-state index is 0.0475. The molecule has 0 saturated carbocycles. The van der Waals surface area contributed by atoms with E-state index in [0.717, 1.165) is 39.9 Å².